The Bertz CT molecular complexity index is 368. The third kappa shape index (κ3) is 2.43. The van der Waals surface area contributed by atoms with Crippen molar-refractivity contribution in [2.45, 2.75) is 0 Å². The highest BCUT2D eigenvalue weighted by Gasteiger charge is 2.11. The molecule has 0 saturated carbocycles. The summed E-state index contributed by atoms with van der Waals surface area (Å²) in [5, 5.41) is 10.9. The van der Waals surface area contributed by atoms with Crippen LogP contribution in [0.5, 0.6) is 0 Å². The minimum Gasteiger partial charge on any atom is -0.379 e. The zero-order valence-electron chi connectivity index (χ0n) is 8.31. The molecule has 0 aliphatic carbocycles. The number of morpholine rings is 1. The first-order chi connectivity index (χ1) is 7.40. The largest absolute Gasteiger partial charge is 0.379 e. The van der Waals surface area contributed by atoms with Crippen molar-refractivity contribution in [1.82, 2.24) is 9.99 Å². The van der Waals surface area contributed by atoms with Crippen LogP contribution in [-0.4, -0.2) is 36.3 Å². The number of hydrogen-bond acceptors (Lipinski definition) is 5. The molecule has 5 nitrogen and oxygen atoms in total. The van der Waals surface area contributed by atoms with Crippen molar-refractivity contribution in [1.29, 1.82) is 5.26 Å². The summed E-state index contributed by atoms with van der Waals surface area (Å²) in [5.74, 6) is 0. The first-order valence-corrected chi connectivity index (χ1v) is 4.84. The van der Waals surface area contributed by atoms with Crippen LogP contribution in [-0.2, 0) is 4.74 Å². The van der Waals surface area contributed by atoms with Crippen LogP contribution in [0.4, 0.5) is 5.69 Å². The van der Waals surface area contributed by atoms with E-state index in [-0.39, 0.29) is 0 Å². The molecule has 1 fully saturated rings. The highest BCUT2D eigenvalue weighted by atomic mass is 16.5. The SMILES string of the molecule is N#Cc1ncccc1NN1CCOCC1. The molecule has 15 heavy (non-hydrogen) atoms. The molecule has 0 spiro atoms. The third-order valence-electron chi connectivity index (χ3n) is 2.20. The van der Waals surface area contributed by atoms with Gasteiger partial charge in [-0.3, -0.25) is 0 Å². The minimum absolute atomic E-state index is 0.420. The summed E-state index contributed by atoms with van der Waals surface area (Å²) >= 11 is 0. The number of aromatic nitrogens is 1. The van der Waals surface area contributed by atoms with E-state index in [2.05, 4.69) is 16.5 Å². The van der Waals surface area contributed by atoms with Crippen LogP contribution in [0.25, 0.3) is 0 Å². The van der Waals surface area contributed by atoms with Gasteiger partial charge in [-0.25, -0.2) is 9.99 Å². The Morgan fingerprint density at radius 2 is 2.27 bits per heavy atom. The number of hydrogen-bond donors (Lipinski definition) is 1. The lowest BCUT2D eigenvalue weighted by atomic mass is 10.3. The third-order valence-corrected chi connectivity index (χ3v) is 2.20. The molecule has 0 unspecified atom stereocenters. The van der Waals surface area contributed by atoms with Crippen LogP contribution in [0.2, 0.25) is 0 Å². The molecule has 1 aliphatic rings. The van der Waals surface area contributed by atoms with Crippen molar-refractivity contribution in [3.05, 3.63) is 24.0 Å². The van der Waals surface area contributed by atoms with Crippen LogP contribution < -0.4 is 5.43 Å². The van der Waals surface area contributed by atoms with Gasteiger partial charge in [0.05, 0.1) is 18.9 Å². The van der Waals surface area contributed by atoms with Crippen LogP contribution in [0.15, 0.2) is 18.3 Å². The number of anilines is 1. The number of nitriles is 1. The predicted molar refractivity (Wildman–Crippen MR) is 55.0 cm³/mol. The van der Waals surface area contributed by atoms with Gasteiger partial charge in [0, 0.05) is 19.3 Å². The van der Waals surface area contributed by atoms with Gasteiger partial charge in [-0.2, -0.15) is 5.26 Å². The smallest absolute Gasteiger partial charge is 0.164 e. The van der Waals surface area contributed by atoms with Crippen LogP contribution in [0, 0.1) is 11.3 Å². The van der Waals surface area contributed by atoms with Crippen molar-refractivity contribution in [3.63, 3.8) is 0 Å². The maximum Gasteiger partial charge on any atom is 0.164 e. The molecule has 5 heteroatoms. The van der Waals surface area contributed by atoms with Crippen LogP contribution >= 0.6 is 0 Å². The molecule has 1 N–H and O–H groups in total. The van der Waals surface area contributed by atoms with Gasteiger partial charge >= 0.3 is 0 Å². The van der Waals surface area contributed by atoms with Gasteiger partial charge in [0.15, 0.2) is 5.69 Å². The summed E-state index contributed by atoms with van der Waals surface area (Å²) in [7, 11) is 0. The number of rotatable bonds is 2. The monoisotopic (exact) mass is 204 g/mol. The number of pyridine rings is 1. The fourth-order valence-corrected chi connectivity index (χ4v) is 1.43. The first kappa shape index (κ1) is 9.90. The standard InChI is InChI=1S/C10H12N4O/c11-8-10-9(2-1-3-12-10)13-14-4-6-15-7-5-14/h1-3,13H,4-7H2. The molecule has 1 aliphatic heterocycles. The fourth-order valence-electron chi connectivity index (χ4n) is 1.43. The van der Waals surface area contributed by atoms with Gasteiger partial charge in [0.2, 0.25) is 0 Å². The molecule has 0 radical (unpaired) electrons. The Morgan fingerprint density at radius 1 is 1.47 bits per heavy atom. The summed E-state index contributed by atoms with van der Waals surface area (Å²) in [5.41, 5.74) is 4.34. The Labute approximate surface area is 88.3 Å². The fraction of sp³-hybridized carbons (Fsp3) is 0.400. The number of nitrogens with zero attached hydrogens (tertiary/aromatic N) is 3. The average molecular weight is 204 g/mol. The molecule has 1 aromatic rings. The van der Waals surface area contributed by atoms with Gasteiger partial charge in [0.1, 0.15) is 6.07 Å². The van der Waals surface area contributed by atoms with Gasteiger partial charge in [-0.05, 0) is 12.1 Å². The summed E-state index contributed by atoms with van der Waals surface area (Å²) in [4.78, 5) is 3.98. The summed E-state index contributed by atoms with van der Waals surface area (Å²) in [6.45, 7) is 3.07. The van der Waals surface area contributed by atoms with Crippen LogP contribution in [0.1, 0.15) is 5.69 Å². The normalized spacial score (nSPS) is 17.0. The molecule has 1 saturated heterocycles. The van der Waals surface area contributed by atoms with Crippen LogP contribution in [0.3, 0.4) is 0 Å². The summed E-state index contributed by atoms with van der Waals surface area (Å²) in [6, 6.07) is 5.71. The maximum atomic E-state index is 8.85. The van der Waals surface area contributed by atoms with E-state index < -0.39 is 0 Å². The van der Waals surface area contributed by atoms with E-state index >= 15 is 0 Å². The molecule has 0 amide bonds. The molecule has 1 aromatic heterocycles. The number of ether oxygens (including phenoxy) is 1. The molecule has 2 rings (SSSR count). The summed E-state index contributed by atoms with van der Waals surface area (Å²) < 4.78 is 5.23. The Balaban J connectivity index is 2.06. The Kier molecular flexibility index (Phi) is 3.12. The second-order valence-electron chi connectivity index (χ2n) is 3.22. The van der Waals surface area contributed by atoms with Gasteiger partial charge in [-0.1, -0.05) is 0 Å². The van der Waals surface area contributed by atoms with Crippen molar-refractivity contribution in [2.75, 3.05) is 31.7 Å². The Hall–Kier alpha value is -1.64. The predicted octanol–water partition coefficient (Wildman–Crippen LogP) is 0.612. The van der Waals surface area contributed by atoms with Crippen molar-refractivity contribution in [3.8, 4) is 6.07 Å². The zero-order valence-corrected chi connectivity index (χ0v) is 8.31. The second kappa shape index (κ2) is 4.73. The van der Waals surface area contributed by atoms with E-state index in [9.17, 15) is 0 Å². The molecule has 0 aromatic carbocycles. The lowest BCUT2D eigenvalue weighted by Gasteiger charge is -2.27. The van der Waals surface area contributed by atoms with E-state index in [1.807, 2.05) is 17.1 Å². The Morgan fingerprint density at radius 3 is 3.00 bits per heavy atom. The molecule has 0 bridgehead atoms. The lowest BCUT2D eigenvalue weighted by Crippen LogP contribution is -2.40. The molecule has 78 valence electrons. The molecular weight excluding hydrogens is 192 g/mol. The number of nitrogens with one attached hydrogen (secondary N) is 1. The van der Waals surface area contributed by atoms with Crippen molar-refractivity contribution < 1.29 is 4.74 Å². The van der Waals surface area contributed by atoms with Gasteiger partial charge < -0.3 is 10.2 Å². The highest BCUT2D eigenvalue weighted by molar-refractivity contribution is 5.52. The van der Waals surface area contributed by atoms with E-state index in [0.717, 1.165) is 32.0 Å². The van der Waals surface area contributed by atoms with E-state index in [1.54, 1.807) is 6.20 Å². The topological polar surface area (TPSA) is 61.2 Å². The quantitative estimate of drug-likeness (QED) is 0.764. The molecule has 0 atom stereocenters. The van der Waals surface area contributed by atoms with Gasteiger partial charge in [-0.15, -0.1) is 0 Å². The van der Waals surface area contributed by atoms with Crippen molar-refractivity contribution >= 4 is 5.69 Å². The first-order valence-electron chi connectivity index (χ1n) is 4.84. The number of hydrazine groups is 1. The molecule has 2 heterocycles. The molecular formula is C10H12N4O. The van der Waals surface area contributed by atoms with E-state index in [1.165, 1.54) is 0 Å². The highest BCUT2D eigenvalue weighted by Crippen LogP contribution is 2.12. The van der Waals surface area contributed by atoms with Gasteiger partial charge in [0.25, 0.3) is 0 Å². The van der Waals surface area contributed by atoms with E-state index in [0.29, 0.717) is 5.69 Å². The average Bonchev–Trinajstić information content (AvgIpc) is 2.31. The summed E-state index contributed by atoms with van der Waals surface area (Å²) in [6.07, 6.45) is 1.61. The maximum absolute atomic E-state index is 8.85. The van der Waals surface area contributed by atoms with E-state index in [4.69, 9.17) is 10.00 Å². The van der Waals surface area contributed by atoms with Crippen molar-refractivity contribution in [2.24, 2.45) is 0 Å². The second-order valence-corrected chi connectivity index (χ2v) is 3.22. The minimum atomic E-state index is 0.420. The zero-order chi connectivity index (χ0) is 10.5. The lowest BCUT2D eigenvalue weighted by molar-refractivity contribution is 0.0496.